The molecule has 1 aromatic rings. The molecule has 0 aliphatic carbocycles. The average Bonchev–Trinajstić information content (AvgIpc) is 2.83. The highest BCUT2D eigenvalue weighted by Crippen LogP contribution is 2.33. The lowest BCUT2D eigenvalue weighted by Crippen LogP contribution is -2.35. The summed E-state index contributed by atoms with van der Waals surface area (Å²) in [6, 6.07) is 5.50. The summed E-state index contributed by atoms with van der Waals surface area (Å²) in [5.74, 6) is -0.379. The molecule has 0 saturated carbocycles. The van der Waals surface area contributed by atoms with Crippen LogP contribution in [-0.4, -0.2) is 41.8 Å². The molecule has 0 bridgehead atoms. The molecule has 1 aromatic carbocycles. The van der Waals surface area contributed by atoms with Crippen molar-refractivity contribution >= 4 is 35.0 Å². The predicted octanol–water partition coefficient (Wildman–Crippen LogP) is 3.38. The van der Waals surface area contributed by atoms with Gasteiger partial charge in [-0.25, -0.2) is 0 Å². The highest BCUT2D eigenvalue weighted by molar-refractivity contribution is 8.18. The van der Waals surface area contributed by atoms with Gasteiger partial charge in [0.1, 0.15) is 12.3 Å². The van der Waals surface area contributed by atoms with Crippen LogP contribution in [0.5, 0.6) is 5.75 Å². The van der Waals surface area contributed by atoms with E-state index >= 15 is 0 Å². The molecule has 0 radical (unpaired) electrons. The first-order valence-corrected chi connectivity index (χ1v) is 8.76. The van der Waals surface area contributed by atoms with E-state index in [0.717, 1.165) is 27.8 Å². The fourth-order valence-electron chi connectivity index (χ4n) is 2.19. The van der Waals surface area contributed by atoms with Crippen LogP contribution in [0.25, 0.3) is 6.08 Å². The Balaban J connectivity index is 2.13. The summed E-state index contributed by atoms with van der Waals surface area (Å²) in [5.41, 5.74) is 1.72. The molecule has 2 rings (SSSR count). The van der Waals surface area contributed by atoms with Gasteiger partial charge in [-0.2, -0.15) is 0 Å². The van der Waals surface area contributed by atoms with E-state index in [1.165, 1.54) is 0 Å². The molecule has 0 aromatic heterocycles. The normalized spacial score (nSPS) is 17.1. The van der Waals surface area contributed by atoms with Crippen molar-refractivity contribution in [2.75, 3.05) is 13.7 Å². The Morgan fingerprint density at radius 3 is 2.72 bits per heavy atom. The monoisotopic (exact) mass is 363 g/mol. The van der Waals surface area contributed by atoms with Crippen LogP contribution in [0.1, 0.15) is 31.4 Å². The first-order chi connectivity index (χ1) is 11.8. The minimum Gasteiger partial charge on any atom is -0.496 e. The summed E-state index contributed by atoms with van der Waals surface area (Å²) in [6.07, 6.45) is 2.04. The van der Waals surface area contributed by atoms with E-state index in [0.29, 0.717) is 12.2 Å². The number of benzene rings is 1. The fraction of sp³-hybridized carbons (Fsp3) is 0.389. The van der Waals surface area contributed by atoms with Gasteiger partial charge in [0.05, 0.1) is 18.1 Å². The van der Waals surface area contributed by atoms with Crippen LogP contribution in [-0.2, 0) is 14.3 Å². The van der Waals surface area contributed by atoms with Gasteiger partial charge >= 0.3 is 5.97 Å². The van der Waals surface area contributed by atoms with Crippen molar-refractivity contribution in [2.45, 2.75) is 33.3 Å². The summed E-state index contributed by atoms with van der Waals surface area (Å²) in [4.78, 5) is 37.5. The zero-order valence-corrected chi connectivity index (χ0v) is 15.5. The number of nitrogens with zero attached hydrogens (tertiary/aromatic N) is 1. The number of esters is 1. The van der Waals surface area contributed by atoms with E-state index in [-0.39, 0.29) is 17.6 Å². The molecule has 6 nitrogen and oxygen atoms in total. The van der Waals surface area contributed by atoms with E-state index < -0.39 is 17.1 Å². The lowest BCUT2D eigenvalue weighted by Gasteiger charge is -2.14. The van der Waals surface area contributed by atoms with Crippen molar-refractivity contribution in [1.82, 2.24) is 4.90 Å². The zero-order valence-electron chi connectivity index (χ0n) is 14.7. The molecule has 0 unspecified atom stereocenters. The number of aryl methyl sites for hydroxylation is 1. The Morgan fingerprint density at radius 1 is 1.36 bits per heavy atom. The van der Waals surface area contributed by atoms with Gasteiger partial charge < -0.3 is 9.47 Å². The number of ether oxygens (including phenoxy) is 2. The van der Waals surface area contributed by atoms with Crippen molar-refractivity contribution in [1.29, 1.82) is 0 Å². The van der Waals surface area contributed by atoms with Crippen LogP contribution in [0.4, 0.5) is 4.79 Å². The Labute approximate surface area is 151 Å². The molecule has 134 valence electrons. The maximum Gasteiger partial charge on any atom is 0.326 e. The molecule has 1 aliphatic heterocycles. The minimum absolute atomic E-state index is 0.247. The van der Waals surface area contributed by atoms with E-state index in [1.54, 1.807) is 26.2 Å². The predicted molar refractivity (Wildman–Crippen MR) is 96.3 cm³/mol. The van der Waals surface area contributed by atoms with Crippen molar-refractivity contribution in [3.63, 3.8) is 0 Å². The Morgan fingerprint density at radius 2 is 2.08 bits per heavy atom. The quantitative estimate of drug-likeness (QED) is 0.570. The number of amides is 2. The molecule has 1 heterocycles. The molecule has 1 fully saturated rings. The minimum atomic E-state index is -0.588. The lowest BCUT2D eigenvalue weighted by atomic mass is 10.1. The summed E-state index contributed by atoms with van der Waals surface area (Å²) < 4.78 is 10.4. The Kier molecular flexibility index (Phi) is 6.25. The SMILES string of the molecule is CC[C@H](C)OC(=O)CN1C(=O)S/C(=C/c2ccc(C)c(OC)c2)C1=O. The third kappa shape index (κ3) is 4.63. The lowest BCUT2D eigenvalue weighted by molar-refractivity contribution is -0.150. The van der Waals surface area contributed by atoms with Crippen LogP contribution >= 0.6 is 11.8 Å². The third-order valence-electron chi connectivity index (χ3n) is 3.80. The number of hydrogen-bond donors (Lipinski definition) is 0. The maximum absolute atomic E-state index is 12.4. The molecular weight excluding hydrogens is 342 g/mol. The van der Waals surface area contributed by atoms with Crippen LogP contribution in [0.2, 0.25) is 0 Å². The van der Waals surface area contributed by atoms with Crippen molar-refractivity contribution in [3.8, 4) is 5.75 Å². The van der Waals surface area contributed by atoms with Gasteiger partial charge in [0, 0.05) is 0 Å². The summed E-state index contributed by atoms with van der Waals surface area (Å²) in [6.45, 7) is 5.19. The number of carbonyl (C=O) groups is 3. The molecule has 0 spiro atoms. The molecule has 1 saturated heterocycles. The standard InChI is InChI=1S/C18H21NO5S/c1-5-12(3)24-16(20)10-19-17(21)15(25-18(19)22)9-13-7-6-11(2)14(8-13)23-4/h6-9,12H,5,10H2,1-4H3/b15-9+/t12-/m0/s1. The smallest absolute Gasteiger partial charge is 0.326 e. The zero-order chi connectivity index (χ0) is 18.6. The van der Waals surface area contributed by atoms with Crippen molar-refractivity contribution in [3.05, 3.63) is 34.2 Å². The van der Waals surface area contributed by atoms with Gasteiger partial charge in [-0.3, -0.25) is 19.3 Å². The highest BCUT2D eigenvalue weighted by Gasteiger charge is 2.36. The number of rotatable bonds is 6. The first-order valence-electron chi connectivity index (χ1n) is 7.95. The number of carbonyl (C=O) groups excluding carboxylic acids is 3. The van der Waals surface area contributed by atoms with Crippen molar-refractivity contribution in [2.24, 2.45) is 0 Å². The number of methoxy groups -OCH3 is 1. The molecule has 25 heavy (non-hydrogen) atoms. The van der Waals surface area contributed by atoms with Crippen LogP contribution in [0, 0.1) is 6.92 Å². The largest absolute Gasteiger partial charge is 0.496 e. The van der Waals surface area contributed by atoms with Gasteiger partial charge in [-0.15, -0.1) is 0 Å². The van der Waals surface area contributed by atoms with Crippen LogP contribution < -0.4 is 4.74 Å². The van der Waals surface area contributed by atoms with E-state index in [4.69, 9.17) is 9.47 Å². The topological polar surface area (TPSA) is 72.9 Å². The molecular formula is C18H21NO5S. The fourth-order valence-corrected chi connectivity index (χ4v) is 3.03. The van der Waals surface area contributed by atoms with Gasteiger partial charge in [0.25, 0.3) is 11.1 Å². The van der Waals surface area contributed by atoms with E-state index in [9.17, 15) is 14.4 Å². The van der Waals surface area contributed by atoms with E-state index in [2.05, 4.69) is 0 Å². The summed E-state index contributed by atoms with van der Waals surface area (Å²) in [5, 5.41) is -0.476. The van der Waals surface area contributed by atoms with Crippen LogP contribution in [0.3, 0.4) is 0 Å². The van der Waals surface area contributed by atoms with Crippen molar-refractivity contribution < 1.29 is 23.9 Å². The second-order valence-corrected chi connectivity index (χ2v) is 6.70. The summed E-state index contributed by atoms with van der Waals surface area (Å²) >= 11 is 0.811. The van der Waals surface area contributed by atoms with Gasteiger partial charge in [0.15, 0.2) is 0 Å². The van der Waals surface area contributed by atoms with Gasteiger partial charge in [0.2, 0.25) is 0 Å². The molecule has 0 N–H and O–H groups in total. The van der Waals surface area contributed by atoms with Crippen LogP contribution in [0.15, 0.2) is 23.1 Å². The molecule has 2 amide bonds. The number of thioether (sulfide) groups is 1. The summed E-state index contributed by atoms with van der Waals surface area (Å²) in [7, 11) is 1.57. The number of hydrogen-bond acceptors (Lipinski definition) is 6. The van der Waals surface area contributed by atoms with Gasteiger partial charge in [-0.1, -0.05) is 19.1 Å². The highest BCUT2D eigenvalue weighted by atomic mass is 32.2. The molecule has 1 aliphatic rings. The first kappa shape index (κ1) is 19.1. The Hall–Kier alpha value is -2.28. The Bertz CT molecular complexity index is 728. The average molecular weight is 363 g/mol. The molecule has 1 atom stereocenters. The third-order valence-corrected chi connectivity index (χ3v) is 4.71. The van der Waals surface area contributed by atoms with Gasteiger partial charge in [-0.05, 0) is 55.3 Å². The second kappa shape index (κ2) is 8.20. The molecule has 7 heteroatoms. The van der Waals surface area contributed by atoms with E-state index in [1.807, 2.05) is 26.0 Å². The maximum atomic E-state index is 12.4. The second-order valence-electron chi connectivity index (χ2n) is 5.71. The number of imide groups is 1.